The Kier molecular flexibility index (Phi) is 4.85. The number of ether oxygens (including phenoxy) is 2. The molecule has 3 aromatic rings. The van der Waals surface area contributed by atoms with Crippen LogP contribution in [0.1, 0.15) is 17.6 Å². The van der Waals surface area contributed by atoms with E-state index in [-0.39, 0.29) is 5.56 Å². The lowest BCUT2D eigenvalue weighted by Crippen LogP contribution is -2.26. The SMILES string of the molecule is CCc1cc2c(=O)n(CCOc3ccc(OC)cc3)c(C)nc2s1. The highest BCUT2D eigenvalue weighted by atomic mass is 32.1. The average molecular weight is 344 g/mol. The summed E-state index contributed by atoms with van der Waals surface area (Å²) in [7, 11) is 1.63. The number of hydrogen-bond acceptors (Lipinski definition) is 5. The zero-order valence-electron chi connectivity index (χ0n) is 14.0. The van der Waals surface area contributed by atoms with Gasteiger partial charge in [0.25, 0.3) is 5.56 Å². The predicted octanol–water partition coefficient (Wildman–Crippen LogP) is 3.42. The molecule has 0 aliphatic rings. The van der Waals surface area contributed by atoms with E-state index >= 15 is 0 Å². The number of aromatic nitrogens is 2. The van der Waals surface area contributed by atoms with Gasteiger partial charge in [-0.2, -0.15) is 0 Å². The van der Waals surface area contributed by atoms with Gasteiger partial charge in [0.1, 0.15) is 28.8 Å². The number of benzene rings is 1. The molecule has 0 atom stereocenters. The van der Waals surface area contributed by atoms with E-state index in [0.717, 1.165) is 28.6 Å². The molecule has 0 saturated heterocycles. The highest BCUT2D eigenvalue weighted by Gasteiger charge is 2.11. The first-order valence-corrected chi connectivity index (χ1v) is 8.70. The summed E-state index contributed by atoms with van der Waals surface area (Å²) in [6.07, 6.45) is 0.917. The van der Waals surface area contributed by atoms with Crippen molar-refractivity contribution in [3.8, 4) is 11.5 Å². The number of aryl methyl sites for hydroxylation is 2. The minimum absolute atomic E-state index is 0.00628. The van der Waals surface area contributed by atoms with Gasteiger partial charge in [-0.05, 0) is 43.7 Å². The molecular formula is C18H20N2O3S. The van der Waals surface area contributed by atoms with E-state index in [1.54, 1.807) is 23.0 Å². The third-order valence-electron chi connectivity index (χ3n) is 3.88. The van der Waals surface area contributed by atoms with Crippen LogP contribution in [0.3, 0.4) is 0 Å². The first-order chi connectivity index (χ1) is 11.6. The number of rotatable bonds is 6. The summed E-state index contributed by atoms with van der Waals surface area (Å²) in [5, 5.41) is 0.701. The van der Waals surface area contributed by atoms with Crippen molar-refractivity contribution in [1.82, 2.24) is 9.55 Å². The van der Waals surface area contributed by atoms with Crippen LogP contribution in [0.4, 0.5) is 0 Å². The van der Waals surface area contributed by atoms with Gasteiger partial charge < -0.3 is 9.47 Å². The second-order valence-corrected chi connectivity index (χ2v) is 6.54. The standard InChI is InChI=1S/C18H20N2O3S/c1-4-15-11-16-17(24-15)19-12(2)20(18(16)21)9-10-23-14-7-5-13(22-3)6-8-14/h5-8,11H,4,9-10H2,1-3H3. The van der Waals surface area contributed by atoms with Gasteiger partial charge in [0.2, 0.25) is 0 Å². The molecule has 3 rings (SSSR count). The van der Waals surface area contributed by atoms with Crippen molar-refractivity contribution in [2.45, 2.75) is 26.8 Å². The lowest BCUT2D eigenvalue weighted by molar-refractivity contribution is 0.294. The Morgan fingerprint density at radius 3 is 2.58 bits per heavy atom. The van der Waals surface area contributed by atoms with E-state index in [2.05, 4.69) is 11.9 Å². The zero-order valence-corrected chi connectivity index (χ0v) is 14.9. The maximum atomic E-state index is 12.7. The van der Waals surface area contributed by atoms with Crippen LogP contribution < -0.4 is 15.0 Å². The molecule has 2 heterocycles. The molecule has 5 nitrogen and oxygen atoms in total. The topological polar surface area (TPSA) is 53.4 Å². The molecule has 0 spiro atoms. The Bertz CT molecular complexity index is 897. The number of fused-ring (bicyclic) bond motifs is 1. The lowest BCUT2D eigenvalue weighted by atomic mass is 10.3. The minimum atomic E-state index is 0.00628. The number of methoxy groups -OCH3 is 1. The summed E-state index contributed by atoms with van der Waals surface area (Å²) in [5.74, 6) is 2.25. The number of thiophene rings is 1. The maximum Gasteiger partial charge on any atom is 0.262 e. The Hall–Kier alpha value is -2.34. The van der Waals surface area contributed by atoms with E-state index in [1.807, 2.05) is 37.3 Å². The molecule has 24 heavy (non-hydrogen) atoms. The van der Waals surface area contributed by atoms with E-state index in [1.165, 1.54) is 4.88 Å². The molecule has 0 unspecified atom stereocenters. The van der Waals surface area contributed by atoms with Crippen LogP contribution >= 0.6 is 11.3 Å². The number of hydrogen-bond donors (Lipinski definition) is 0. The van der Waals surface area contributed by atoms with Crippen molar-refractivity contribution in [2.24, 2.45) is 0 Å². The minimum Gasteiger partial charge on any atom is -0.497 e. The van der Waals surface area contributed by atoms with Gasteiger partial charge in [-0.1, -0.05) is 6.92 Å². The summed E-state index contributed by atoms with van der Waals surface area (Å²) in [6.45, 7) is 4.82. The fourth-order valence-electron chi connectivity index (χ4n) is 2.53. The normalized spacial score (nSPS) is 11.0. The third-order valence-corrected chi connectivity index (χ3v) is 5.06. The fraction of sp³-hybridized carbons (Fsp3) is 0.333. The van der Waals surface area contributed by atoms with E-state index in [9.17, 15) is 4.79 Å². The van der Waals surface area contributed by atoms with Gasteiger partial charge in [0.05, 0.1) is 19.0 Å². The van der Waals surface area contributed by atoms with E-state index in [4.69, 9.17) is 9.47 Å². The molecule has 126 valence electrons. The molecule has 2 aromatic heterocycles. The van der Waals surface area contributed by atoms with Crippen LogP contribution in [0.5, 0.6) is 11.5 Å². The van der Waals surface area contributed by atoms with Gasteiger partial charge in [0.15, 0.2) is 0 Å². The first-order valence-electron chi connectivity index (χ1n) is 7.89. The van der Waals surface area contributed by atoms with Crippen molar-refractivity contribution in [1.29, 1.82) is 0 Å². The molecule has 0 fully saturated rings. The predicted molar refractivity (Wildman–Crippen MR) is 96.5 cm³/mol. The van der Waals surface area contributed by atoms with Crippen molar-refractivity contribution in [3.05, 3.63) is 51.4 Å². The van der Waals surface area contributed by atoms with Gasteiger partial charge >= 0.3 is 0 Å². The molecular weight excluding hydrogens is 324 g/mol. The van der Waals surface area contributed by atoms with Crippen molar-refractivity contribution < 1.29 is 9.47 Å². The van der Waals surface area contributed by atoms with Crippen LogP contribution in [0.15, 0.2) is 35.1 Å². The van der Waals surface area contributed by atoms with Crippen LogP contribution in [-0.2, 0) is 13.0 Å². The quantitative estimate of drug-likeness (QED) is 0.687. The molecule has 0 aliphatic carbocycles. The molecule has 1 aromatic carbocycles. The third kappa shape index (κ3) is 3.28. The van der Waals surface area contributed by atoms with Crippen LogP contribution in [-0.4, -0.2) is 23.3 Å². The Morgan fingerprint density at radius 1 is 1.21 bits per heavy atom. The summed E-state index contributed by atoms with van der Waals surface area (Å²) < 4.78 is 12.5. The fourth-order valence-corrected chi connectivity index (χ4v) is 3.53. The van der Waals surface area contributed by atoms with Gasteiger partial charge in [-0.3, -0.25) is 9.36 Å². The highest BCUT2D eigenvalue weighted by molar-refractivity contribution is 7.18. The lowest BCUT2D eigenvalue weighted by Gasteiger charge is -2.11. The summed E-state index contributed by atoms with van der Waals surface area (Å²) in [6, 6.07) is 9.34. The van der Waals surface area contributed by atoms with Gasteiger partial charge in [0, 0.05) is 4.88 Å². The Balaban J connectivity index is 1.75. The number of nitrogens with zero attached hydrogens (tertiary/aromatic N) is 2. The Labute approximate surface area is 144 Å². The molecule has 0 radical (unpaired) electrons. The second kappa shape index (κ2) is 7.05. The molecule has 6 heteroatoms. The van der Waals surface area contributed by atoms with E-state index in [0.29, 0.717) is 18.5 Å². The van der Waals surface area contributed by atoms with Crippen molar-refractivity contribution in [3.63, 3.8) is 0 Å². The molecule has 0 amide bonds. The molecule has 0 N–H and O–H groups in total. The second-order valence-electron chi connectivity index (χ2n) is 5.42. The summed E-state index contributed by atoms with van der Waals surface area (Å²) in [4.78, 5) is 19.2. The van der Waals surface area contributed by atoms with Crippen molar-refractivity contribution >= 4 is 21.6 Å². The first kappa shape index (κ1) is 16.5. The van der Waals surface area contributed by atoms with Crippen LogP contribution in [0.25, 0.3) is 10.2 Å². The summed E-state index contributed by atoms with van der Waals surface area (Å²) >= 11 is 1.59. The summed E-state index contributed by atoms with van der Waals surface area (Å²) in [5.41, 5.74) is 0.00628. The van der Waals surface area contributed by atoms with E-state index < -0.39 is 0 Å². The monoisotopic (exact) mass is 344 g/mol. The Morgan fingerprint density at radius 2 is 1.92 bits per heavy atom. The highest BCUT2D eigenvalue weighted by Crippen LogP contribution is 2.22. The smallest absolute Gasteiger partial charge is 0.262 e. The zero-order chi connectivity index (χ0) is 17.1. The molecule has 0 aliphatic heterocycles. The van der Waals surface area contributed by atoms with Crippen LogP contribution in [0.2, 0.25) is 0 Å². The van der Waals surface area contributed by atoms with Crippen LogP contribution in [0, 0.1) is 6.92 Å². The van der Waals surface area contributed by atoms with Gasteiger partial charge in [-0.15, -0.1) is 11.3 Å². The molecule has 0 bridgehead atoms. The average Bonchev–Trinajstić information content (AvgIpc) is 3.01. The van der Waals surface area contributed by atoms with Crippen molar-refractivity contribution in [2.75, 3.05) is 13.7 Å². The maximum absolute atomic E-state index is 12.7. The van der Waals surface area contributed by atoms with Gasteiger partial charge in [-0.25, -0.2) is 4.98 Å². The molecule has 0 saturated carbocycles. The largest absolute Gasteiger partial charge is 0.497 e.